The monoisotopic (exact) mass is 480 g/mol. The number of rotatable bonds is 2. The molecule has 1 saturated heterocycles. The molecule has 3 aliphatic rings. The van der Waals surface area contributed by atoms with Crippen molar-refractivity contribution in [2.45, 2.75) is 69.4 Å². The summed E-state index contributed by atoms with van der Waals surface area (Å²) >= 11 is 2.00. The number of carbonyl (C=O) groups excluding carboxylic acids is 1. The van der Waals surface area contributed by atoms with E-state index in [0.29, 0.717) is 12.0 Å². The third-order valence-electron chi connectivity index (χ3n) is 7.26. The molecule has 34 heavy (non-hydrogen) atoms. The lowest BCUT2D eigenvalue weighted by Crippen LogP contribution is -2.39. The van der Waals surface area contributed by atoms with Crippen molar-refractivity contribution < 1.29 is 14.3 Å². The molecule has 0 bridgehead atoms. The number of anilines is 1. The van der Waals surface area contributed by atoms with Crippen molar-refractivity contribution >= 4 is 23.5 Å². The van der Waals surface area contributed by atoms with Gasteiger partial charge in [0.05, 0.1) is 12.8 Å². The second-order valence-electron chi connectivity index (χ2n) is 10.7. The highest BCUT2D eigenvalue weighted by atomic mass is 32.2. The minimum absolute atomic E-state index is 0.178. The van der Waals surface area contributed by atoms with Crippen LogP contribution >= 0.6 is 11.8 Å². The molecule has 0 spiro atoms. The van der Waals surface area contributed by atoms with E-state index >= 15 is 0 Å². The van der Waals surface area contributed by atoms with Crippen LogP contribution in [0.4, 0.5) is 10.5 Å². The molecular weight excluding hydrogens is 444 g/mol. The van der Waals surface area contributed by atoms with Crippen LogP contribution in [0.25, 0.3) is 11.1 Å². The van der Waals surface area contributed by atoms with E-state index in [1.807, 2.05) is 37.4 Å². The molecule has 2 atom stereocenters. The van der Waals surface area contributed by atoms with Gasteiger partial charge in [0, 0.05) is 36.5 Å². The van der Waals surface area contributed by atoms with Gasteiger partial charge < -0.3 is 19.3 Å². The lowest BCUT2D eigenvalue weighted by atomic mass is 9.88. The van der Waals surface area contributed by atoms with Gasteiger partial charge in [0.2, 0.25) is 0 Å². The maximum atomic E-state index is 12.8. The van der Waals surface area contributed by atoms with Crippen LogP contribution in [0.15, 0.2) is 35.2 Å². The summed E-state index contributed by atoms with van der Waals surface area (Å²) in [6.45, 7) is 10.6. The lowest BCUT2D eigenvalue weighted by molar-refractivity contribution is 0.0255. The number of nitrogens with zero attached hydrogens (tertiary/aromatic N) is 2. The number of methoxy groups -OCH3 is 1. The minimum Gasteiger partial charge on any atom is -0.497 e. The molecule has 0 saturated carbocycles. The van der Waals surface area contributed by atoms with Crippen molar-refractivity contribution in [3.05, 3.63) is 41.5 Å². The maximum Gasteiger partial charge on any atom is 0.410 e. The third kappa shape index (κ3) is 4.37. The molecule has 0 aliphatic carbocycles. The Morgan fingerprint density at radius 3 is 2.62 bits per heavy atom. The van der Waals surface area contributed by atoms with E-state index in [0.717, 1.165) is 44.0 Å². The van der Waals surface area contributed by atoms with E-state index < -0.39 is 5.60 Å². The van der Waals surface area contributed by atoms with Gasteiger partial charge in [-0.25, -0.2) is 4.79 Å². The number of hydrogen-bond acceptors (Lipinski definition) is 5. The first-order valence-corrected chi connectivity index (χ1v) is 13.4. The number of benzene rings is 2. The average molecular weight is 481 g/mol. The number of hydrogen-bond donors (Lipinski definition) is 0. The zero-order valence-corrected chi connectivity index (χ0v) is 21.8. The van der Waals surface area contributed by atoms with Gasteiger partial charge in [-0.2, -0.15) is 0 Å². The van der Waals surface area contributed by atoms with E-state index in [1.165, 1.54) is 39.3 Å². The number of carbonyl (C=O) groups is 1. The van der Waals surface area contributed by atoms with Crippen molar-refractivity contribution in [3.63, 3.8) is 0 Å². The van der Waals surface area contributed by atoms with E-state index in [1.54, 1.807) is 7.11 Å². The SMILES string of the molecule is COc1ccc(-c2cc3c4c(c2)C2CCN(C(=O)OC(C)(C)C)CCC2N4CCCS3)c(C)c1. The van der Waals surface area contributed by atoms with Crippen molar-refractivity contribution in [1.82, 2.24) is 4.90 Å². The van der Waals surface area contributed by atoms with Gasteiger partial charge in [-0.15, -0.1) is 11.8 Å². The van der Waals surface area contributed by atoms with E-state index in [4.69, 9.17) is 9.47 Å². The summed E-state index contributed by atoms with van der Waals surface area (Å²) in [6, 6.07) is 11.6. The highest BCUT2D eigenvalue weighted by molar-refractivity contribution is 7.99. The molecule has 0 N–H and O–H groups in total. The standard InChI is InChI=1S/C28H36N2O3S/c1-18-15-20(32-5)7-8-21(18)19-16-23-22-9-12-29(27(31)33-28(2,3)4)13-10-24(22)30-11-6-14-34-25(17-19)26(23)30/h7-8,15-17,22,24H,6,9-14H2,1-5H3. The van der Waals surface area contributed by atoms with Crippen molar-refractivity contribution in [2.75, 3.05) is 37.4 Å². The number of amides is 1. The quantitative estimate of drug-likeness (QED) is 0.493. The van der Waals surface area contributed by atoms with Gasteiger partial charge in [0.25, 0.3) is 0 Å². The summed E-state index contributed by atoms with van der Waals surface area (Å²) in [5.74, 6) is 2.49. The topological polar surface area (TPSA) is 42.0 Å². The van der Waals surface area contributed by atoms with Gasteiger partial charge in [-0.05, 0) is 99.2 Å². The smallest absolute Gasteiger partial charge is 0.410 e. The average Bonchev–Trinajstić information content (AvgIpc) is 2.96. The molecule has 3 heterocycles. The van der Waals surface area contributed by atoms with Crippen molar-refractivity contribution in [2.24, 2.45) is 0 Å². The second kappa shape index (κ2) is 9.03. The Labute approximate surface area is 207 Å². The highest BCUT2D eigenvalue weighted by Crippen LogP contribution is 2.52. The van der Waals surface area contributed by atoms with Gasteiger partial charge in [0.1, 0.15) is 11.4 Å². The number of thioether (sulfide) groups is 1. The fourth-order valence-corrected chi connectivity index (χ4v) is 6.84. The van der Waals surface area contributed by atoms with Crippen LogP contribution in [0.1, 0.15) is 57.1 Å². The van der Waals surface area contributed by atoms with Crippen LogP contribution in [0, 0.1) is 6.92 Å². The number of ether oxygens (including phenoxy) is 2. The van der Waals surface area contributed by atoms with Gasteiger partial charge in [-0.3, -0.25) is 0 Å². The number of likely N-dealkylation sites (tertiary alicyclic amines) is 1. The maximum absolute atomic E-state index is 12.8. The Balaban J connectivity index is 1.50. The van der Waals surface area contributed by atoms with Gasteiger partial charge in [-0.1, -0.05) is 6.07 Å². The Morgan fingerprint density at radius 2 is 1.88 bits per heavy atom. The molecule has 5 nitrogen and oxygen atoms in total. The van der Waals surface area contributed by atoms with Crippen molar-refractivity contribution in [1.29, 1.82) is 0 Å². The first-order valence-electron chi connectivity index (χ1n) is 12.5. The van der Waals surface area contributed by atoms with E-state index in [-0.39, 0.29) is 6.09 Å². The third-order valence-corrected chi connectivity index (χ3v) is 8.37. The van der Waals surface area contributed by atoms with Crippen LogP contribution in [0.2, 0.25) is 0 Å². The van der Waals surface area contributed by atoms with Crippen molar-refractivity contribution in [3.8, 4) is 16.9 Å². The molecule has 2 aromatic rings. The fraction of sp³-hybridized carbons (Fsp3) is 0.536. The summed E-state index contributed by atoms with van der Waals surface area (Å²) < 4.78 is 11.1. The highest BCUT2D eigenvalue weighted by Gasteiger charge is 2.43. The molecule has 2 unspecified atom stereocenters. The van der Waals surface area contributed by atoms with Crippen LogP contribution < -0.4 is 9.64 Å². The Bertz CT molecular complexity index is 1090. The summed E-state index contributed by atoms with van der Waals surface area (Å²) in [6.07, 6.45) is 2.97. The molecular formula is C28H36N2O3S. The molecule has 1 fully saturated rings. The molecule has 182 valence electrons. The zero-order valence-electron chi connectivity index (χ0n) is 21.0. The Kier molecular flexibility index (Phi) is 6.21. The normalized spacial score (nSPS) is 21.9. The Hall–Kier alpha value is -2.34. The lowest BCUT2D eigenvalue weighted by Gasteiger charge is -2.29. The molecule has 1 amide bonds. The molecule has 0 radical (unpaired) electrons. The second-order valence-corrected chi connectivity index (χ2v) is 11.8. The minimum atomic E-state index is -0.464. The number of aryl methyl sites for hydroxylation is 1. The summed E-state index contributed by atoms with van der Waals surface area (Å²) in [5.41, 5.74) is 6.24. The van der Waals surface area contributed by atoms with Gasteiger partial charge >= 0.3 is 6.09 Å². The van der Waals surface area contributed by atoms with E-state index in [9.17, 15) is 4.79 Å². The Morgan fingerprint density at radius 1 is 1.09 bits per heavy atom. The molecule has 2 aromatic carbocycles. The van der Waals surface area contributed by atoms with E-state index in [2.05, 4.69) is 42.2 Å². The van der Waals surface area contributed by atoms with Crippen LogP contribution in [0.5, 0.6) is 5.75 Å². The largest absolute Gasteiger partial charge is 0.497 e. The summed E-state index contributed by atoms with van der Waals surface area (Å²) in [5, 5.41) is 0. The molecule has 5 rings (SSSR count). The first-order chi connectivity index (χ1) is 16.2. The number of fused-ring (bicyclic) bond motifs is 3. The molecule has 0 aromatic heterocycles. The molecule has 6 heteroatoms. The predicted octanol–water partition coefficient (Wildman–Crippen LogP) is 6.47. The zero-order chi connectivity index (χ0) is 24.0. The first kappa shape index (κ1) is 23.4. The molecule has 3 aliphatic heterocycles. The predicted molar refractivity (Wildman–Crippen MR) is 139 cm³/mol. The summed E-state index contributed by atoms with van der Waals surface area (Å²) in [4.78, 5) is 18.8. The summed E-state index contributed by atoms with van der Waals surface area (Å²) in [7, 11) is 1.72. The fourth-order valence-electron chi connectivity index (χ4n) is 5.77. The van der Waals surface area contributed by atoms with Crippen LogP contribution in [-0.2, 0) is 4.74 Å². The van der Waals surface area contributed by atoms with Crippen LogP contribution in [-0.4, -0.2) is 55.1 Å². The van der Waals surface area contributed by atoms with Crippen LogP contribution in [0.3, 0.4) is 0 Å². The van der Waals surface area contributed by atoms with Gasteiger partial charge in [0.15, 0.2) is 0 Å².